The summed E-state index contributed by atoms with van der Waals surface area (Å²) in [6.07, 6.45) is 0.871. The Morgan fingerprint density at radius 2 is 1.82 bits per heavy atom. The van der Waals surface area contributed by atoms with Crippen molar-refractivity contribution >= 4 is 42.5 Å². The van der Waals surface area contributed by atoms with E-state index >= 15 is 0 Å². The standard InChI is InChI=1S/C9H18Cl3N2O2P/c10-2-6-13-5-1-9-16-17(13,15)14(7-3-11)8-4-12/h1-9H2/t17-/m0/s1. The van der Waals surface area contributed by atoms with Crippen LogP contribution in [-0.4, -0.2) is 59.8 Å². The molecule has 1 fully saturated rings. The van der Waals surface area contributed by atoms with Gasteiger partial charge in [0, 0.05) is 43.8 Å². The lowest BCUT2D eigenvalue weighted by Gasteiger charge is -2.40. The van der Waals surface area contributed by atoms with Crippen LogP contribution in [0.1, 0.15) is 6.42 Å². The van der Waals surface area contributed by atoms with Crippen molar-refractivity contribution in [2.45, 2.75) is 6.42 Å². The van der Waals surface area contributed by atoms with Crippen molar-refractivity contribution in [3.8, 4) is 0 Å². The Morgan fingerprint density at radius 3 is 2.35 bits per heavy atom. The molecule has 8 heteroatoms. The number of nitrogens with zero attached hydrogens (tertiary/aromatic N) is 2. The van der Waals surface area contributed by atoms with Crippen LogP contribution < -0.4 is 0 Å². The molecular weight excluding hydrogens is 305 g/mol. The summed E-state index contributed by atoms with van der Waals surface area (Å²) in [4.78, 5) is 0. The van der Waals surface area contributed by atoms with Crippen LogP contribution in [0.2, 0.25) is 0 Å². The molecule has 0 amide bonds. The molecule has 4 nitrogen and oxygen atoms in total. The summed E-state index contributed by atoms with van der Waals surface area (Å²) in [5.74, 6) is 1.24. The van der Waals surface area contributed by atoms with Crippen LogP contribution >= 0.6 is 42.5 Å². The third kappa shape index (κ3) is 4.24. The topological polar surface area (TPSA) is 32.8 Å². The summed E-state index contributed by atoms with van der Waals surface area (Å²) in [5, 5.41) is 0. The average molecular weight is 324 g/mol. The van der Waals surface area contributed by atoms with Crippen LogP contribution in [0.3, 0.4) is 0 Å². The maximum Gasteiger partial charge on any atom is 0.346 e. The van der Waals surface area contributed by atoms with Gasteiger partial charge in [-0.15, -0.1) is 34.8 Å². The summed E-state index contributed by atoms with van der Waals surface area (Å²) in [5.41, 5.74) is 0. The van der Waals surface area contributed by atoms with Crippen LogP contribution in [0.5, 0.6) is 0 Å². The molecule has 0 aromatic carbocycles. The van der Waals surface area contributed by atoms with E-state index in [9.17, 15) is 4.57 Å². The van der Waals surface area contributed by atoms with E-state index in [0.717, 1.165) is 13.0 Å². The highest BCUT2D eigenvalue weighted by Gasteiger charge is 2.40. The zero-order valence-corrected chi connectivity index (χ0v) is 12.8. The van der Waals surface area contributed by atoms with E-state index in [-0.39, 0.29) is 0 Å². The maximum absolute atomic E-state index is 12.9. The van der Waals surface area contributed by atoms with Crippen LogP contribution in [-0.2, 0) is 9.09 Å². The van der Waals surface area contributed by atoms with Crippen LogP contribution in [0.25, 0.3) is 0 Å². The number of hydrogen-bond acceptors (Lipinski definition) is 2. The van der Waals surface area contributed by atoms with Gasteiger partial charge >= 0.3 is 7.67 Å². The molecule has 1 heterocycles. The van der Waals surface area contributed by atoms with Gasteiger partial charge in [-0.3, -0.25) is 4.57 Å². The monoisotopic (exact) mass is 322 g/mol. The molecule has 0 spiro atoms. The summed E-state index contributed by atoms with van der Waals surface area (Å²) >= 11 is 17.2. The van der Waals surface area contributed by atoms with Crippen molar-refractivity contribution in [3.05, 3.63) is 0 Å². The minimum Gasteiger partial charge on any atom is -0.306 e. The summed E-state index contributed by atoms with van der Waals surface area (Å²) < 4.78 is 22.0. The zero-order valence-electron chi connectivity index (χ0n) is 9.66. The molecule has 0 unspecified atom stereocenters. The van der Waals surface area contributed by atoms with Gasteiger partial charge in [-0.1, -0.05) is 0 Å². The zero-order chi connectivity index (χ0) is 12.7. The van der Waals surface area contributed by atoms with Crippen LogP contribution in [0.4, 0.5) is 0 Å². The van der Waals surface area contributed by atoms with Crippen molar-refractivity contribution < 1.29 is 9.09 Å². The van der Waals surface area contributed by atoms with Crippen molar-refractivity contribution in [3.63, 3.8) is 0 Å². The summed E-state index contributed by atoms with van der Waals surface area (Å²) in [6, 6.07) is 0. The molecule has 1 saturated heterocycles. The minimum absolute atomic E-state index is 0.402. The molecule has 0 bridgehead atoms. The Kier molecular flexibility index (Phi) is 7.75. The van der Waals surface area contributed by atoms with E-state index in [1.54, 1.807) is 4.67 Å². The second kappa shape index (κ2) is 8.21. The molecule has 0 aliphatic carbocycles. The molecule has 0 N–H and O–H groups in total. The third-order valence-corrected chi connectivity index (χ3v) is 5.82. The van der Waals surface area contributed by atoms with Gasteiger partial charge in [-0.05, 0) is 6.42 Å². The molecule has 17 heavy (non-hydrogen) atoms. The Balaban J connectivity index is 2.80. The van der Waals surface area contributed by atoms with E-state index in [1.165, 1.54) is 0 Å². The fourth-order valence-corrected chi connectivity index (χ4v) is 5.26. The molecule has 0 radical (unpaired) electrons. The molecule has 1 aliphatic rings. The normalized spacial score (nSPS) is 26.6. The lowest BCUT2D eigenvalue weighted by Crippen LogP contribution is -2.39. The Bertz CT molecular complexity index is 263. The summed E-state index contributed by atoms with van der Waals surface area (Å²) in [6.45, 7) is 2.82. The highest BCUT2D eigenvalue weighted by atomic mass is 35.5. The number of alkyl halides is 3. The molecule has 1 rings (SSSR count). The SMILES string of the molecule is O=[P@]1(N(CCCl)CCCl)OCCCN1CCCl. The predicted octanol–water partition coefficient (Wildman–Crippen LogP) is 2.84. The van der Waals surface area contributed by atoms with Gasteiger partial charge in [-0.25, -0.2) is 9.34 Å². The van der Waals surface area contributed by atoms with E-state index in [1.807, 2.05) is 4.67 Å². The quantitative estimate of drug-likeness (QED) is 0.533. The largest absolute Gasteiger partial charge is 0.346 e. The minimum atomic E-state index is -2.97. The van der Waals surface area contributed by atoms with Crippen LogP contribution in [0, 0.1) is 0 Å². The highest BCUT2D eigenvalue weighted by Crippen LogP contribution is 2.56. The third-order valence-electron chi connectivity index (χ3n) is 2.56. The number of hydrogen-bond donors (Lipinski definition) is 0. The first-order chi connectivity index (χ1) is 8.19. The Morgan fingerprint density at radius 1 is 1.18 bits per heavy atom. The number of rotatable bonds is 7. The second-order valence-electron chi connectivity index (χ2n) is 3.65. The van der Waals surface area contributed by atoms with Gasteiger partial charge in [0.05, 0.1) is 6.61 Å². The predicted molar refractivity (Wildman–Crippen MR) is 73.5 cm³/mol. The first kappa shape index (κ1) is 16.0. The Hall–Kier alpha value is 0.980. The molecule has 1 atom stereocenters. The van der Waals surface area contributed by atoms with Gasteiger partial charge in [-0.2, -0.15) is 0 Å². The highest BCUT2D eigenvalue weighted by molar-refractivity contribution is 7.54. The molecular formula is C9H18Cl3N2O2P. The van der Waals surface area contributed by atoms with Crippen molar-refractivity contribution in [1.29, 1.82) is 0 Å². The summed E-state index contributed by atoms with van der Waals surface area (Å²) in [7, 11) is -2.97. The fraction of sp³-hybridized carbons (Fsp3) is 1.00. The molecule has 1 aliphatic heterocycles. The Labute approximate surface area is 118 Å². The van der Waals surface area contributed by atoms with Gasteiger partial charge < -0.3 is 4.52 Å². The lowest BCUT2D eigenvalue weighted by atomic mass is 10.4. The average Bonchev–Trinajstić information content (AvgIpc) is 2.32. The molecule has 102 valence electrons. The van der Waals surface area contributed by atoms with Crippen molar-refractivity contribution in [2.75, 3.05) is 50.4 Å². The van der Waals surface area contributed by atoms with Gasteiger partial charge in [0.2, 0.25) is 0 Å². The van der Waals surface area contributed by atoms with Gasteiger partial charge in [0.1, 0.15) is 0 Å². The first-order valence-electron chi connectivity index (χ1n) is 5.62. The van der Waals surface area contributed by atoms with E-state index in [4.69, 9.17) is 39.3 Å². The van der Waals surface area contributed by atoms with E-state index < -0.39 is 7.67 Å². The van der Waals surface area contributed by atoms with Crippen molar-refractivity contribution in [1.82, 2.24) is 9.34 Å². The van der Waals surface area contributed by atoms with Gasteiger partial charge in [0.25, 0.3) is 0 Å². The lowest BCUT2D eigenvalue weighted by molar-refractivity contribution is 0.171. The van der Waals surface area contributed by atoms with Crippen LogP contribution in [0.15, 0.2) is 0 Å². The van der Waals surface area contributed by atoms with Crippen molar-refractivity contribution in [2.24, 2.45) is 0 Å². The molecule has 0 saturated carbocycles. The molecule has 0 aromatic rings. The maximum atomic E-state index is 12.9. The second-order valence-corrected chi connectivity index (χ2v) is 7.16. The van der Waals surface area contributed by atoms with Gasteiger partial charge in [0.15, 0.2) is 0 Å². The smallest absolute Gasteiger partial charge is 0.306 e. The van der Waals surface area contributed by atoms with E-state index in [2.05, 4.69) is 0 Å². The first-order valence-corrected chi connectivity index (χ1v) is 8.75. The van der Waals surface area contributed by atoms with E-state index in [0.29, 0.717) is 43.9 Å². The molecule has 0 aromatic heterocycles. The number of halogens is 3. The fourth-order valence-electron chi connectivity index (χ4n) is 1.79.